The fourth-order valence-corrected chi connectivity index (χ4v) is 1.76. The van der Waals surface area contributed by atoms with Crippen molar-refractivity contribution >= 4 is 23.7 Å². The second kappa shape index (κ2) is 4.05. The molecular weight excluding hydrogens is 194 g/mol. The van der Waals surface area contributed by atoms with Gasteiger partial charge < -0.3 is 4.42 Å². The molecule has 14 heavy (non-hydrogen) atoms. The molecule has 0 saturated heterocycles. The first-order chi connectivity index (χ1) is 6.81. The molecule has 0 amide bonds. The summed E-state index contributed by atoms with van der Waals surface area (Å²) in [4.78, 5) is 4.26. The van der Waals surface area contributed by atoms with Crippen LogP contribution in [-0.4, -0.2) is 4.98 Å². The first-order valence-corrected chi connectivity index (χ1v) is 5.33. The maximum Gasteiger partial charge on any atom is 0.253 e. The molecule has 1 heterocycles. The number of benzene rings is 1. The van der Waals surface area contributed by atoms with E-state index in [1.54, 1.807) is 0 Å². The van der Waals surface area contributed by atoms with Crippen LogP contribution in [-0.2, 0) is 6.42 Å². The largest absolute Gasteiger partial charge is 0.432 e. The Morgan fingerprint density at radius 3 is 3.07 bits per heavy atom. The van der Waals surface area contributed by atoms with Gasteiger partial charge in [0.2, 0.25) is 0 Å². The van der Waals surface area contributed by atoms with E-state index in [4.69, 9.17) is 4.42 Å². The molecule has 0 bridgehead atoms. The summed E-state index contributed by atoms with van der Waals surface area (Å²) in [5.41, 5.74) is 3.06. The summed E-state index contributed by atoms with van der Waals surface area (Å²) in [6.45, 7) is 2.19. The second-order valence-corrected chi connectivity index (χ2v) is 3.75. The number of rotatable bonds is 3. The van der Waals surface area contributed by atoms with Crippen LogP contribution in [0.25, 0.3) is 11.1 Å². The minimum absolute atomic E-state index is 0.448. The quantitative estimate of drug-likeness (QED) is 0.780. The SMILES string of the molecule is CCCCc1cccc2oc(S)nc12. The number of fused-ring (bicyclic) bond motifs is 1. The van der Waals surface area contributed by atoms with Crippen LogP contribution in [0.1, 0.15) is 25.3 Å². The zero-order valence-electron chi connectivity index (χ0n) is 8.16. The van der Waals surface area contributed by atoms with Gasteiger partial charge in [0.1, 0.15) is 5.52 Å². The molecule has 1 aromatic heterocycles. The third-order valence-electron chi connectivity index (χ3n) is 2.29. The molecule has 2 nitrogen and oxygen atoms in total. The average Bonchev–Trinajstić information content (AvgIpc) is 2.55. The monoisotopic (exact) mass is 207 g/mol. The van der Waals surface area contributed by atoms with Crippen LogP contribution in [0.4, 0.5) is 0 Å². The minimum atomic E-state index is 0.448. The van der Waals surface area contributed by atoms with Gasteiger partial charge in [-0.1, -0.05) is 38.1 Å². The molecule has 0 atom stereocenters. The van der Waals surface area contributed by atoms with Crippen molar-refractivity contribution in [2.45, 2.75) is 31.4 Å². The van der Waals surface area contributed by atoms with E-state index in [2.05, 4.69) is 30.6 Å². The number of para-hydroxylation sites is 1. The molecule has 2 aromatic rings. The summed E-state index contributed by atoms with van der Waals surface area (Å²) >= 11 is 4.10. The van der Waals surface area contributed by atoms with Crippen molar-refractivity contribution in [2.75, 3.05) is 0 Å². The highest BCUT2D eigenvalue weighted by molar-refractivity contribution is 7.80. The first kappa shape index (κ1) is 9.59. The van der Waals surface area contributed by atoms with Crippen LogP contribution >= 0.6 is 12.6 Å². The predicted molar refractivity (Wildman–Crippen MR) is 59.9 cm³/mol. The molecule has 74 valence electrons. The number of aromatic nitrogens is 1. The number of nitrogens with zero attached hydrogens (tertiary/aromatic N) is 1. The summed E-state index contributed by atoms with van der Waals surface area (Å²) in [6.07, 6.45) is 3.45. The molecule has 0 aliphatic heterocycles. The topological polar surface area (TPSA) is 26.0 Å². The number of oxazole rings is 1. The molecule has 3 heteroatoms. The summed E-state index contributed by atoms with van der Waals surface area (Å²) in [6, 6.07) is 6.04. The molecule has 0 unspecified atom stereocenters. The van der Waals surface area contributed by atoms with Gasteiger partial charge in [0, 0.05) is 0 Å². The Balaban J connectivity index is 2.42. The van der Waals surface area contributed by atoms with Gasteiger partial charge >= 0.3 is 0 Å². The van der Waals surface area contributed by atoms with E-state index in [1.807, 2.05) is 12.1 Å². The molecular formula is C11H13NOS. The third kappa shape index (κ3) is 1.77. The van der Waals surface area contributed by atoms with Crippen LogP contribution in [0.2, 0.25) is 0 Å². The van der Waals surface area contributed by atoms with E-state index in [9.17, 15) is 0 Å². The number of thiol groups is 1. The van der Waals surface area contributed by atoms with Gasteiger partial charge in [-0.25, -0.2) is 4.98 Å². The Hall–Kier alpha value is -0.960. The fraction of sp³-hybridized carbons (Fsp3) is 0.364. The van der Waals surface area contributed by atoms with Gasteiger partial charge in [-0.15, -0.1) is 0 Å². The molecule has 0 aliphatic carbocycles. The smallest absolute Gasteiger partial charge is 0.253 e. The lowest BCUT2D eigenvalue weighted by molar-refractivity contribution is 0.492. The van der Waals surface area contributed by atoms with Crippen LogP contribution in [0.5, 0.6) is 0 Å². The number of aryl methyl sites for hydroxylation is 1. The zero-order valence-corrected chi connectivity index (χ0v) is 9.05. The van der Waals surface area contributed by atoms with Gasteiger partial charge in [-0.3, -0.25) is 0 Å². The number of hydrogen-bond donors (Lipinski definition) is 1. The number of unbranched alkanes of at least 4 members (excludes halogenated alkanes) is 1. The van der Waals surface area contributed by atoms with Gasteiger partial charge in [0.15, 0.2) is 5.58 Å². The lowest BCUT2D eigenvalue weighted by Gasteiger charge is -1.98. The maximum absolute atomic E-state index is 5.34. The van der Waals surface area contributed by atoms with E-state index >= 15 is 0 Å². The number of hydrogen-bond acceptors (Lipinski definition) is 3. The van der Waals surface area contributed by atoms with Gasteiger partial charge in [-0.2, -0.15) is 0 Å². The van der Waals surface area contributed by atoms with Gasteiger partial charge in [-0.05, 0) is 24.5 Å². The van der Waals surface area contributed by atoms with Crippen LogP contribution in [0.15, 0.2) is 27.8 Å². The second-order valence-electron chi connectivity index (χ2n) is 3.36. The molecule has 0 N–H and O–H groups in total. The highest BCUT2D eigenvalue weighted by Gasteiger charge is 2.06. The summed E-state index contributed by atoms with van der Waals surface area (Å²) in [7, 11) is 0. The molecule has 0 fully saturated rings. The Bertz CT molecular complexity index is 436. The van der Waals surface area contributed by atoms with Crippen LogP contribution in [0.3, 0.4) is 0 Å². The molecule has 0 spiro atoms. The lowest BCUT2D eigenvalue weighted by Crippen LogP contribution is -1.86. The highest BCUT2D eigenvalue weighted by atomic mass is 32.1. The minimum Gasteiger partial charge on any atom is -0.432 e. The summed E-state index contributed by atoms with van der Waals surface area (Å²) in [5.74, 6) is 0. The van der Waals surface area contributed by atoms with Crippen molar-refractivity contribution in [3.63, 3.8) is 0 Å². The molecule has 0 saturated carbocycles. The highest BCUT2D eigenvalue weighted by Crippen LogP contribution is 2.22. The van der Waals surface area contributed by atoms with Crippen molar-refractivity contribution in [2.24, 2.45) is 0 Å². The summed E-state index contributed by atoms with van der Waals surface area (Å²) in [5, 5.41) is 0.448. The van der Waals surface area contributed by atoms with Crippen molar-refractivity contribution in [3.05, 3.63) is 23.8 Å². The summed E-state index contributed by atoms with van der Waals surface area (Å²) < 4.78 is 5.34. The Morgan fingerprint density at radius 1 is 1.43 bits per heavy atom. The third-order valence-corrected chi connectivity index (χ3v) is 2.48. The van der Waals surface area contributed by atoms with Crippen molar-refractivity contribution < 1.29 is 4.42 Å². The van der Waals surface area contributed by atoms with E-state index in [0.717, 1.165) is 17.5 Å². The Morgan fingerprint density at radius 2 is 2.29 bits per heavy atom. The van der Waals surface area contributed by atoms with Crippen molar-refractivity contribution in [3.8, 4) is 0 Å². The van der Waals surface area contributed by atoms with E-state index in [1.165, 1.54) is 18.4 Å². The van der Waals surface area contributed by atoms with Crippen molar-refractivity contribution in [1.82, 2.24) is 4.98 Å². The maximum atomic E-state index is 5.34. The zero-order chi connectivity index (χ0) is 9.97. The molecule has 0 aliphatic rings. The van der Waals surface area contributed by atoms with Crippen molar-refractivity contribution in [1.29, 1.82) is 0 Å². The normalized spacial score (nSPS) is 11.0. The molecule has 1 aromatic carbocycles. The first-order valence-electron chi connectivity index (χ1n) is 4.88. The Kier molecular flexibility index (Phi) is 2.77. The van der Waals surface area contributed by atoms with E-state index in [0.29, 0.717) is 5.22 Å². The molecule has 0 radical (unpaired) electrons. The standard InChI is InChI=1S/C11H13NOS/c1-2-3-5-8-6-4-7-9-10(8)12-11(14)13-9/h4,6-7H,2-3,5H2,1H3,(H,12,14). The van der Waals surface area contributed by atoms with Gasteiger partial charge in [0.25, 0.3) is 5.22 Å². The lowest BCUT2D eigenvalue weighted by atomic mass is 10.1. The van der Waals surface area contributed by atoms with Crippen LogP contribution < -0.4 is 0 Å². The predicted octanol–water partition coefficient (Wildman–Crippen LogP) is 3.46. The Labute approximate surface area is 88.7 Å². The molecule has 2 rings (SSSR count). The van der Waals surface area contributed by atoms with Gasteiger partial charge in [0.05, 0.1) is 0 Å². The van der Waals surface area contributed by atoms with E-state index in [-0.39, 0.29) is 0 Å². The average molecular weight is 207 g/mol. The van der Waals surface area contributed by atoms with E-state index < -0.39 is 0 Å². The fourth-order valence-electron chi connectivity index (χ4n) is 1.56. The van der Waals surface area contributed by atoms with Crippen LogP contribution in [0, 0.1) is 0 Å².